The van der Waals surface area contributed by atoms with Crippen LogP contribution in [-0.2, 0) is 0 Å². The van der Waals surface area contributed by atoms with Gasteiger partial charge in [0.2, 0.25) is 0 Å². The number of nitrogens with one attached hydrogen (secondary N) is 1. The molecule has 1 aromatic carbocycles. The van der Waals surface area contributed by atoms with Gasteiger partial charge in [0.05, 0.1) is 10.6 Å². The smallest absolute Gasteiger partial charge is 0.253 e. The number of halogens is 3. The van der Waals surface area contributed by atoms with Gasteiger partial charge in [-0.25, -0.2) is 4.39 Å². The Bertz CT molecular complexity index is 413. The van der Waals surface area contributed by atoms with Gasteiger partial charge in [0.15, 0.2) is 0 Å². The Balaban J connectivity index is 2.76. The van der Waals surface area contributed by atoms with E-state index in [1.165, 1.54) is 12.1 Å². The maximum atomic E-state index is 12.8. The fourth-order valence-electron chi connectivity index (χ4n) is 1.23. The van der Waals surface area contributed by atoms with Gasteiger partial charge in [-0.15, -0.1) is 0 Å². The lowest BCUT2D eigenvalue weighted by Gasteiger charge is -2.19. The zero-order valence-electron chi connectivity index (χ0n) is 9.64. The zero-order valence-corrected chi connectivity index (χ0v) is 12.0. The molecule has 0 aliphatic heterocycles. The Labute approximate surface area is 114 Å². The van der Waals surface area contributed by atoms with Crippen LogP contribution in [0.2, 0.25) is 5.02 Å². The highest BCUT2D eigenvalue weighted by Crippen LogP contribution is 2.17. The van der Waals surface area contributed by atoms with Crippen molar-refractivity contribution in [3.63, 3.8) is 0 Å². The molecule has 0 aliphatic carbocycles. The third-order valence-corrected chi connectivity index (χ3v) is 3.97. The van der Waals surface area contributed by atoms with E-state index in [0.717, 1.165) is 11.4 Å². The fraction of sp³-hybridized carbons (Fsp3) is 0.417. The van der Waals surface area contributed by atoms with Crippen molar-refractivity contribution < 1.29 is 9.18 Å². The summed E-state index contributed by atoms with van der Waals surface area (Å²) in [7, 11) is 0. The minimum Gasteiger partial charge on any atom is -0.349 e. The molecule has 0 aliphatic rings. The van der Waals surface area contributed by atoms with Gasteiger partial charge >= 0.3 is 0 Å². The van der Waals surface area contributed by atoms with Gasteiger partial charge in [-0.2, -0.15) is 0 Å². The molecular formula is C12H14BrClFNO. The molecule has 1 amide bonds. The van der Waals surface area contributed by atoms with Crippen LogP contribution in [0.25, 0.3) is 0 Å². The average molecular weight is 323 g/mol. The van der Waals surface area contributed by atoms with Crippen LogP contribution in [0, 0.1) is 11.7 Å². The second-order valence-electron chi connectivity index (χ2n) is 4.02. The number of carbonyl (C=O) groups is 1. The molecule has 1 N–H and O–H groups in total. The number of alkyl halides is 1. The van der Waals surface area contributed by atoms with E-state index in [1.807, 2.05) is 13.8 Å². The van der Waals surface area contributed by atoms with E-state index in [2.05, 4.69) is 21.2 Å². The van der Waals surface area contributed by atoms with E-state index in [-0.39, 0.29) is 17.0 Å². The Morgan fingerprint density at radius 1 is 1.53 bits per heavy atom. The van der Waals surface area contributed by atoms with Crippen LogP contribution >= 0.6 is 27.5 Å². The normalized spacial score (nSPS) is 14.2. The highest BCUT2D eigenvalue weighted by molar-refractivity contribution is 9.09. The van der Waals surface area contributed by atoms with Crippen LogP contribution < -0.4 is 5.32 Å². The summed E-state index contributed by atoms with van der Waals surface area (Å²) in [5, 5.41) is 3.75. The fourth-order valence-corrected chi connectivity index (χ4v) is 2.05. The zero-order chi connectivity index (χ0) is 13.0. The summed E-state index contributed by atoms with van der Waals surface area (Å²) in [4.78, 5) is 11.9. The summed E-state index contributed by atoms with van der Waals surface area (Å²) < 4.78 is 12.8. The first-order chi connectivity index (χ1) is 7.95. The molecular weight excluding hydrogens is 308 g/mol. The highest BCUT2D eigenvalue weighted by Gasteiger charge is 2.16. The second kappa shape index (κ2) is 6.36. The van der Waals surface area contributed by atoms with Crippen molar-refractivity contribution in [2.75, 3.05) is 5.33 Å². The molecule has 5 heteroatoms. The molecule has 0 saturated carbocycles. The molecule has 17 heavy (non-hydrogen) atoms. The molecule has 0 spiro atoms. The predicted octanol–water partition coefficient (Wildman–Crippen LogP) is 3.63. The van der Waals surface area contributed by atoms with Gasteiger partial charge in [-0.05, 0) is 31.0 Å². The first kappa shape index (κ1) is 14.5. The van der Waals surface area contributed by atoms with E-state index < -0.39 is 5.82 Å². The van der Waals surface area contributed by atoms with Crippen molar-refractivity contribution in [1.82, 2.24) is 5.32 Å². The third kappa shape index (κ3) is 3.96. The SMILES string of the molecule is CC(CBr)C(C)NC(=O)c1ccc(F)cc1Cl. The van der Waals surface area contributed by atoms with Crippen LogP contribution in [0.15, 0.2) is 18.2 Å². The molecule has 1 aromatic rings. The molecule has 0 heterocycles. The van der Waals surface area contributed by atoms with E-state index in [0.29, 0.717) is 11.5 Å². The summed E-state index contributed by atoms with van der Waals surface area (Å²) in [6.45, 7) is 3.94. The van der Waals surface area contributed by atoms with Crippen molar-refractivity contribution >= 4 is 33.4 Å². The molecule has 0 radical (unpaired) electrons. The van der Waals surface area contributed by atoms with E-state index in [1.54, 1.807) is 0 Å². The standard InChI is InChI=1S/C12H14BrClFNO/c1-7(6-13)8(2)16-12(17)10-4-3-9(15)5-11(10)14/h3-5,7-8H,6H2,1-2H3,(H,16,17). The minimum atomic E-state index is -0.451. The predicted molar refractivity (Wildman–Crippen MR) is 71.3 cm³/mol. The van der Waals surface area contributed by atoms with Crippen LogP contribution in [0.5, 0.6) is 0 Å². The molecule has 2 nitrogen and oxygen atoms in total. The summed E-state index contributed by atoms with van der Waals surface area (Å²) in [6, 6.07) is 3.76. The summed E-state index contributed by atoms with van der Waals surface area (Å²) in [5.41, 5.74) is 0.293. The van der Waals surface area contributed by atoms with Crippen molar-refractivity contribution in [1.29, 1.82) is 0 Å². The number of benzene rings is 1. The monoisotopic (exact) mass is 321 g/mol. The van der Waals surface area contributed by atoms with Crippen LogP contribution in [0.4, 0.5) is 4.39 Å². The van der Waals surface area contributed by atoms with Gasteiger partial charge in [0.25, 0.3) is 5.91 Å². The van der Waals surface area contributed by atoms with Crippen molar-refractivity contribution in [2.24, 2.45) is 5.92 Å². The summed E-state index contributed by atoms with van der Waals surface area (Å²) in [5.74, 6) is -0.429. The van der Waals surface area contributed by atoms with Crippen molar-refractivity contribution in [3.05, 3.63) is 34.6 Å². The van der Waals surface area contributed by atoms with E-state index in [4.69, 9.17) is 11.6 Å². The van der Waals surface area contributed by atoms with E-state index in [9.17, 15) is 9.18 Å². The van der Waals surface area contributed by atoms with Gasteiger partial charge in [-0.3, -0.25) is 4.79 Å². The van der Waals surface area contributed by atoms with Crippen LogP contribution in [-0.4, -0.2) is 17.3 Å². The molecule has 0 fully saturated rings. The number of amides is 1. The van der Waals surface area contributed by atoms with Gasteiger partial charge < -0.3 is 5.32 Å². The molecule has 0 aromatic heterocycles. The molecule has 94 valence electrons. The first-order valence-electron chi connectivity index (χ1n) is 5.27. The number of hydrogen-bond donors (Lipinski definition) is 1. The Hall–Kier alpha value is -0.610. The summed E-state index contributed by atoms with van der Waals surface area (Å²) >= 11 is 9.17. The first-order valence-corrected chi connectivity index (χ1v) is 6.77. The van der Waals surface area contributed by atoms with Crippen molar-refractivity contribution in [2.45, 2.75) is 19.9 Å². The molecule has 0 bridgehead atoms. The highest BCUT2D eigenvalue weighted by atomic mass is 79.9. The largest absolute Gasteiger partial charge is 0.349 e. The number of rotatable bonds is 4. The lowest BCUT2D eigenvalue weighted by atomic mass is 10.1. The van der Waals surface area contributed by atoms with Crippen molar-refractivity contribution in [3.8, 4) is 0 Å². The van der Waals surface area contributed by atoms with Gasteiger partial charge in [0.1, 0.15) is 5.82 Å². The van der Waals surface area contributed by atoms with Crippen LogP contribution in [0.1, 0.15) is 24.2 Å². The molecule has 2 atom stereocenters. The van der Waals surface area contributed by atoms with Gasteiger partial charge in [0, 0.05) is 11.4 Å². The Morgan fingerprint density at radius 2 is 2.18 bits per heavy atom. The minimum absolute atomic E-state index is 0.0167. The van der Waals surface area contributed by atoms with Crippen LogP contribution in [0.3, 0.4) is 0 Å². The summed E-state index contributed by atoms with van der Waals surface area (Å²) in [6.07, 6.45) is 0. The lowest BCUT2D eigenvalue weighted by Crippen LogP contribution is -2.37. The third-order valence-electron chi connectivity index (χ3n) is 2.63. The number of hydrogen-bond acceptors (Lipinski definition) is 1. The second-order valence-corrected chi connectivity index (χ2v) is 5.07. The molecule has 2 unspecified atom stereocenters. The topological polar surface area (TPSA) is 29.1 Å². The Kier molecular flexibility index (Phi) is 5.40. The molecule has 0 saturated heterocycles. The quantitative estimate of drug-likeness (QED) is 0.843. The lowest BCUT2D eigenvalue weighted by molar-refractivity contribution is 0.0931. The maximum absolute atomic E-state index is 12.8. The van der Waals surface area contributed by atoms with Gasteiger partial charge in [-0.1, -0.05) is 34.5 Å². The molecule has 1 rings (SSSR count). The van der Waals surface area contributed by atoms with E-state index >= 15 is 0 Å². The number of carbonyl (C=O) groups excluding carboxylic acids is 1. The Morgan fingerprint density at radius 3 is 2.71 bits per heavy atom. The average Bonchev–Trinajstić information content (AvgIpc) is 2.27. The maximum Gasteiger partial charge on any atom is 0.253 e.